The minimum Gasteiger partial charge on any atom is -0.443 e. The molecule has 0 radical (unpaired) electrons. The number of benzene rings is 1. The van der Waals surface area contributed by atoms with Crippen molar-refractivity contribution >= 4 is 27.7 Å². The van der Waals surface area contributed by atoms with E-state index in [1.54, 1.807) is 4.90 Å². The van der Waals surface area contributed by atoms with Crippen LogP contribution in [0.1, 0.15) is 53.0 Å². The predicted molar refractivity (Wildman–Crippen MR) is 116 cm³/mol. The molecule has 2 heterocycles. The van der Waals surface area contributed by atoms with Crippen molar-refractivity contribution in [2.75, 3.05) is 6.54 Å². The van der Waals surface area contributed by atoms with Crippen molar-refractivity contribution in [3.05, 3.63) is 45.7 Å². The highest BCUT2D eigenvalue weighted by atomic mass is 79.9. The summed E-state index contributed by atoms with van der Waals surface area (Å²) in [4.78, 5) is 19.5. The molecule has 0 saturated carbocycles. The van der Waals surface area contributed by atoms with Gasteiger partial charge in [-0.1, -0.05) is 41.9 Å². The average molecular weight is 448 g/mol. The molecule has 3 unspecified atom stereocenters. The van der Waals surface area contributed by atoms with E-state index in [0.29, 0.717) is 18.9 Å². The molecule has 5 nitrogen and oxygen atoms in total. The lowest BCUT2D eigenvalue weighted by Crippen LogP contribution is -2.37. The monoisotopic (exact) mass is 447 g/mol. The van der Waals surface area contributed by atoms with E-state index in [9.17, 15) is 4.79 Å². The number of nitrogens with zero attached hydrogens (tertiary/aromatic N) is 2. The van der Waals surface area contributed by atoms with Crippen molar-refractivity contribution in [1.29, 1.82) is 0 Å². The third kappa shape index (κ3) is 4.66. The Bertz CT molecular complexity index is 808. The number of hydrogen-bond donors (Lipinski definition) is 1. The number of carbonyl (C=O) groups is 1. The summed E-state index contributed by atoms with van der Waals surface area (Å²) in [6, 6.07) is 8.14. The Morgan fingerprint density at radius 1 is 1.21 bits per heavy atom. The predicted octanol–water partition coefficient (Wildman–Crippen LogP) is 5.09. The summed E-state index contributed by atoms with van der Waals surface area (Å²) in [7, 11) is 0. The second-order valence-electron chi connectivity index (χ2n) is 8.92. The third-order valence-electron chi connectivity index (χ3n) is 5.34. The number of allylic oxidation sites excluding steroid dienone is 1. The Morgan fingerprint density at radius 2 is 1.86 bits per heavy atom. The van der Waals surface area contributed by atoms with Crippen molar-refractivity contribution < 1.29 is 9.53 Å². The van der Waals surface area contributed by atoms with Crippen LogP contribution in [-0.2, 0) is 4.74 Å². The number of ether oxygens (including phenoxy) is 1. The lowest BCUT2D eigenvalue weighted by atomic mass is 9.83. The summed E-state index contributed by atoms with van der Waals surface area (Å²) >= 11 is 3.49. The molecule has 1 aromatic rings. The topological polar surface area (TPSA) is 67.9 Å². The van der Waals surface area contributed by atoms with E-state index in [2.05, 4.69) is 41.9 Å². The van der Waals surface area contributed by atoms with Crippen molar-refractivity contribution in [3.8, 4) is 0 Å². The van der Waals surface area contributed by atoms with E-state index in [-0.39, 0.29) is 18.1 Å². The fourth-order valence-corrected chi connectivity index (χ4v) is 3.97. The SMILES string of the molecule is CC1CC(c2ccc(Br)cc2)=N/C(=C2/CC(N)CN2C(=O)OC(C)(C)C)C1C. The van der Waals surface area contributed by atoms with Gasteiger partial charge in [-0.25, -0.2) is 4.79 Å². The first-order valence-corrected chi connectivity index (χ1v) is 10.7. The fraction of sp³-hybridized carbons (Fsp3) is 0.545. The molecule has 0 bridgehead atoms. The van der Waals surface area contributed by atoms with Gasteiger partial charge < -0.3 is 10.5 Å². The van der Waals surface area contributed by atoms with Crippen molar-refractivity contribution in [3.63, 3.8) is 0 Å². The molecular formula is C22H30BrN3O2. The molecule has 0 aromatic heterocycles. The Labute approximate surface area is 176 Å². The van der Waals surface area contributed by atoms with Crippen molar-refractivity contribution in [2.45, 2.75) is 59.1 Å². The molecule has 3 rings (SSSR count). The van der Waals surface area contributed by atoms with Gasteiger partial charge in [-0.05, 0) is 50.8 Å². The molecule has 2 aliphatic heterocycles. The fourth-order valence-electron chi connectivity index (χ4n) is 3.71. The number of amides is 1. The first-order chi connectivity index (χ1) is 13.0. The highest BCUT2D eigenvalue weighted by Gasteiger charge is 2.37. The molecular weight excluding hydrogens is 418 g/mol. The summed E-state index contributed by atoms with van der Waals surface area (Å²) in [6.45, 7) is 10.5. The summed E-state index contributed by atoms with van der Waals surface area (Å²) in [5.74, 6) is 0.681. The lowest BCUT2D eigenvalue weighted by Gasteiger charge is -2.31. The van der Waals surface area contributed by atoms with Crippen LogP contribution < -0.4 is 5.73 Å². The van der Waals surface area contributed by atoms with Gasteiger partial charge in [0.05, 0.1) is 5.70 Å². The van der Waals surface area contributed by atoms with Gasteiger partial charge in [0.1, 0.15) is 5.60 Å². The zero-order chi connectivity index (χ0) is 20.6. The first-order valence-electron chi connectivity index (χ1n) is 9.88. The number of rotatable bonds is 1. The van der Waals surface area contributed by atoms with Crippen LogP contribution in [-0.4, -0.2) is 34.9 Å². The van der Waals surface area contributed by atoms with Crippen molar-refractivity contribution in [1.82, 2.24) is 4.90 Å². The number of carbonyl (C=O) groups excluding carboxylic acids is 1. The van der Waals surface area contributed by atoms with E-state index < -0.39 is 5.60 Å². The van der Waals surface area contributed by atoms with E-state index in [1.165, 1.54) is 0 Å². The Morgan fingerprint density at radius 3 is 2.46 bits per heavy atom. The minimum atomic E-state index is -0.545. The zero-order valence-corrected chi connectivity index (χ0v) is 18.9. The molecule has 3 atom stereocenters. The molecule has 1 aromatic carbocycles. The maximum Gasteiger partial charge on any atom is 0.414 e. The lowest BCUT2D eigenvalue weighted by molar-refractivity contribution is 0.0332. The molecule has 6 heteroatoms. The maximum atomic E-state index is 12.8. The summed E-state index contributed by atoms with van der Waals surface area (Å²) in [5.41, 5.74) is 9.74. The van der Waals surface area contributed by atoms with Gasteiger partial charge in [-0.15, -0.1) is 0 Å². The van der Waals surface area contributed by atoms with Gasteiger partial charge >= 0.3 is 6.09 Å². The van der Waals surface area contributed by atoms with Crippen LogP contribution in [0.5, 0.6) is 0 Å². The van der Waals surface area contributed by atoms with Gasteiger partial charge in [-0.2, -0.15) is 0 Å². The average Bonchev–Trinajstić information content (AvgIpc) is 2.98. The number of hydrogen-bond acceptors (Lipinski definition) is 4. The van der Waals surface area contributed by atoms with Crippen LogP contribution in [0.15, 0.2) is 45.1 Å². The molecule has 0 aliphatic carbocycles. The minimum absolute atomic E-state index is 0.0919. The van der Waals surface area contributed by atoms with E-state index in [1.807, 2.05) is 32.9 Å². The van der Waals surface area contributed by atoms with E-state index >= 15 is 0 Å². The Hall–Kier alpha value is -1.66. The van der Waals surface area contributed by atoms with E-state index in [4.69, 9.17) is 15.5 Å². The molecule has 2 N–H and O–H groups in total. The second-order valence-corrected chi connectivity index (χ2v) is 9.84. The summed E-state index contributed by atoms with van der Waals surface area (Å²) < 4.78 is 6.67. The van der Waals surface area contributed by atoms with E-state index in [0.717, 1.165) is 33.6 Å². The van der Waals surface area contributed by atoms with Crippen LogP contribution >= 0.6 is 15.9 Å². The molecule has 28 heavy (non-hydrogen) atoms. The highest BCUT2D eigenvalue weighted by molar-refractivity contribution is 9.10. The molecule has 2 aliphatic rings. The highest BCUT2D eigenvalue weighted by Crippen LogP contribution is 2.37. The Balaban J connectivity index is 2.02. The van der Waals surface area contributed by atoms with Crippen LogP contribution in [0.3, 0.4) is 0 Å². The van der Waals surface area contributed by atoms with Crippen LogP contribution in [0, 0.1) is 11.8 Å². The second kappa shape index (κ2) is 7.99. The van der Waals surface area contributed by atoms with Gasteiger partial charge in [-0.3, -0.25) is 9.89 Å². The maximum absolute atomic E-state index is 12.8. The number of halogens is 1. The molecule has 0 spiro atoms. The molecule has 152 valence electrons. The number of aliphatic imine (C=N–C) groups is 1. The molecule has 1 fully saturated rings. The van der Waals surface area contributed by atoms with Gasteiger partial charge in [0, 0.05) is 40.8 Å². The third-order valence-corrected chi connectivity index (χ3v) is 5.87. The molecule has 1 amide bonds. The van der Waals surface area contributed by atoms with Crippen LogP contribution in [0.4, 0.5) is 4.79 Å². The normalized spacial score (nSPS) is 28.3. The summed E-state index contributed by atoms with van der Waals surface area (Å²) in [6.07, 6.45) is 1.22. The standard InChI is InChI=1S/C22H30BrN3O2/c1-13-10-18(15-6-8-16(23)9-7-15)25-20(14(13)2)19-11-17(24)12-26(19)21(27)28-22(3,4)5/h6-9,13-14,17H,10-12,24H2,1-5H3/b20-19-. The number of nitrogens with two attached hydrogens (primary N) is 1. The smallest absolute Gasteiger partial charge is 0.414 e. The van der Waals surface area contributed by atoms with Gasteiger partial charge in [0.25, 0.3) is 0 Å². The van der Waals surface area contributed by atoms with Crippen molar-refractivity contribution in [2.24, 2.45) is 22.6 Å². The molecule has 1 saturated heterocycles. The quantitative estimate of drug-likeness (QED) is 0.651. The first kappa shape index (κ1) is 21.1. The Kier molecular flexibility index (Phi) is 6.01. The van der Waals surface area contributed by atoms with Gasteiger partial charge in [0.2, 0.25) is 0 Å². The van der Waals surface area contributed by atoms with Gasteiger partial charge in [0.15, 0.2) is 0 Å². The largest absolute Gasteiger partial charge is 0.443 e. The van der Waals surface area contributed by atoms with Crippen LogP contribution in [0.25, 0.3) is 0 Å². The zero-order valence-electron chi connectivity index (χ0n) is 17.3. The van der Waals surface area contributed by atoms with Crippen LogP contribution in [0.2, 0.25) is 0 Å². The summed E-state index contributed by atoms with van der Waals surface area (Å²) in [5, 5.41) is 0. The number of likely N-dealkylation sites (tertiary alicyclic amines) is 1.